The molecule has 152 valence electrons. The Morgan fingerprint density at radius 2 is 1.80 bits per heavy atom. The van der Waals surface area contributed by atoms with Gasteiger partial charge in [-0.15, -0.1) is 0 Å². The van der Waals surface area contributed by atoms with Crippen LogP contribution in [0.1, 0.15) is 23.6 Å². The van der Waals surface area contributed by atoms with Gasteiger partial charge in [0, 0.05) is 12.5 Å². The number of carbonyl (C=O) groups is 1. The van der Waals surface area contributed by atoms with Crippen LogP contribution in [0.4, 0.5) is 4.39 Å². The van der Waals surface area contributed by atoms with Gasteiger partial charge in [0.15, 0.2) is 6.61 Å². The van der Waals surface area contributed by atoms with E-state index >= 15 is 0 Å². The van der Waals surface area contributed by atoms with Crippen LogP contribution >= 0.6 is 0 Å². The number of ether oxygens (including phenoxy) is 2. The van der Waals surface area contributed by atoms with Gasteiger partial charge >= 0.3 is 0 Å². The zero-order valence-electron chi connectivity index (χ0n) is 16.5. The topological polar surface area (TPSA) is 51.1 Å². The molecule has 0 radical (unpaired) electrons. The van der Waals surface area contributed by atoms with Crippen molar-refractivity contribution in [3.63, 3.8) is 0 Å². The Bertz CT molecular complexity index is 1050. The molecule has 30 heavy (non-hydrogen) atoms. The lowest BCUT2D eigenvalue weighted by Gasteiger charge is -2.22. The number of hydrogen-bond donors (Lipinski definition) is 0. The molecule has 0 spiro atoms. The van der Waals surface area contributed by atoms with E-state index in [0.29, 0.717) is 12.2 Å². The molecule has 1 amide bonds. The van der Waals surface area contributed by atoms with E-state index in [1.807, 2.05) is 54.6 Å². The van der Waals surface area contributed by atoms with Gasteiger partial charge < -0.3 is 9.47 Å². The third-order valence-electron chi connectivity index (χ3n) is 4.93. The van der Waals surface area contributed by atoms with E-state index in [4.69, 9.17) is 9.47 Å². The Hall–Kier alpha value is -3.67. The molecule has 0 aliphatic carbocycles. The summed E-state index contributed by atoms with van der Waals surface area (Å²) in [6.45, 7) is -0.234. The summed E-state index contributed by atoms with van der Waals surface area (Å²) in [7, 11) is 1.61. The fraction of sp³-hybridized carbons (Fsp3) is 0.167. The first-order valence-corrected chi connectivity index (χ1v) is 9.61. The standard InChI is InChI=1S/C24H21FN2O3/c1-29-20-12-10-18(11-13-20)23-15-22(17-6-3-2-4-7-17)26-27(23)24(28)16-30-21-9-5-8-19(25)14-21/h2-14,23H,15-16H2,1H3/t23-/m1/s1. The van der Waals surface area contributed by atoms with E-state index in [1.165, 1.54) is 23.2 Å². The molecule has 4 rings (SSSR count). The molecule has 6 heteroatoms. The van der Waals surface area contributed by atoms with Gasteiger partial charge in [0.1, 0.15) is 17.3 Å². The average Bonchev–Trinajstić information content (AvgIpc) is 3.24. The maximum atomic E-state index is 13.4. The molecular formula is C24H21FN2O3. The molecule has 0 aromatic heterocycles. The summed E-state index contributed by atoms with van der Waals surface area (Å²) in [6, 6.07) is 22.8. The molecule has 3 aromatic rings. The summed E-state index contributed by atoms with van der Waals surface area (Å²) in [6.07, 6.45) is 0.585. The molecule has 0 N–H and O–H groups in total. The van der Waals surface area contributed by atoms with Gasteiger partial charge in [-0.05, 0) is 35.4 Å². The molecule has 0 unspecified atom stereocenters. The second-order valence-electron chi connectivity index (χ2n) is 6.89. The van der Waals surface area contributed by atoms with Gasteiger partial charge in [0.05, 0.1) is 18.9 Å². The first-order chi connectivity index (χ1) is 14.6. The van der Waals surface area contributed by atoms with Gasteiger partial charge in [-0.25, -0.2) is 9.40 Å². The van der Waals surface area contributed by atoms with Gasteiger partial charge in [-0.3, -0.25) is 4.79 Å². The second kappa shape index (κ2) is 8.78. The number of carbonyl (C=O) groups excluding carboxylic acids is 1. The first kappa shape index (κ1) is 19.6. The van der Waals surface area contributed by atoms with E-state index in [2.05, 4.69) is 5.10 Å². The van der Waals surface area contributed by atoms with E-state index in [9.17, 15) is 9.18 Å². The van der Waals surface area contributed by atoms with Crippen LogP contribution in [0.5, 0.6) is 11.5 Å². The zero-order valence-corrected chi connectivity index (χ0v) is 16.5. The third kappa shape index (κ3) is 4.33. The van der Waals surface area contributed by atoms with Crippen molar-refractivity contribution in [3.8, 4) is 11.5 Å². The van der Waals surface area contributed by atoms with E-state index < -0.39 is 5.82 Å². The van der Waals surface area contributed by atoms with Crippen molar-refractivity contribution < 1.29 is 18.7 Å². The summed E-state index contributed by atoms with van der Waals surface area (Å²) in [4.78, 5) is 13.0. The molecule has 1 aliphatic heterocycles. The second-order valence-corrected chi connectivity index (χ2v) is 6.89. The monoisotopic (exact) mass is 404 g/mol. The predicted octanol–water partition coefficient (Wildman–Crippen LogP) is 4.59. The predicted molar refractivity (Wildman–Crippen MR) is 112 cm³/mol. The maximum Gasteiger partial charge on any atom is 0.281 e. The van der Waals surface area contributed by atoms with E-state index in [0.717, 1.165) is 22.6 Å². The minimum absolute atomic E-state index is 0.234. The largest absolute Gasteiger partial charge is 0.497 e. The maximum absolute atomic E-state index is 13.4. The fourth-order valence-electron chi connectivity index (χ4n) is 3.40. The number of rotatable bonds is 6. The Kier molecular flexibility index (Phi) is 5.75. The Balaban J connectivity index is 1.57. The summed E-state index contributed by atoms with van der Waals surface area (Å²) in [5, 5.41) is 6.07. The van der Waals surface area contributed by atoms with Crippen LogP contribution in [-0.2, 0) is 4.79 Å². The summed E-state index contributed by atoms with van der Waals surface area (Å²) in [5.74, 6) is 0.330. The Morgan fingerprint density at radius 3 is 2.50 bits per heavy atom. The highest BCUT2D eigenvalue weighted by Crippen LogP contribution is 2.33. The minimum Gasteiger partial charge on any atom is -0.497 e. The van der Waals surface area contributed by atoms with Crippen molar-refractivity contribution in [3.05, 3.63) is 95.8 Å². The zero-order chi connectivity index (χ0) is 20.9. The lowest BCUT2D eigenvalue weighted by molar-refractivity contribution is -0.135. The molecule has 3 aromatic carbocycles. The molecule has 5 nitrogen and oxygen atoms in total. The van der Waals surface area contributed by atoms with Gasteiger partial charge in [0.2, 0.25) is 0 Å². The molecule has 0 saturated carbocycles. The third-order valence-corrected chi connectivity index (χ3v) is 4.93. The van der Waals surface area contributed by atoms with Crippen LogP contribution in [0.25, 0.3) is 0 Å². The fourth-order valence-corrected chi connectivity index (χ4v) is 3.40. The van der Waals surface area contributed by atoms with Crippen molar-refractivity contribution in [2.24, 2.45) is 5.10 Å². The SMILES string of the molecule is COc1ccc([C@H]2CC(c3ccccc3)=NN2C(=O)COc2cccc(F)c2)cc1. The smallest absolute Gasteiger partial charge is 0.281 e. The van der Waals surface area contributed by atoms with Crippen molar-refractivity contribution in [1.29, 1.82) is 0 Å². The van der Waals surface area contributed by atoms with Crippen LogP contribution in [0.15, 0.2) is 84.0 Å². The molecule has 0 fully saturated rings. The lowest BCUT2D eigenvalue weighted by Crippen LogP contribution is -2.31. The number of hydrazone groups is 1. The molecular weight excluding hydrogens is 383 g/mol. The van der Waals surface area contributed by atoms with E-state index in [1.54, 1.807) is 13.2 Å². The van der Waals surface area contributed by atoms with Gasteiger partial charge in [-0.2, -0.15) is 5.10 Å². The van der Waals surface area contributed by atoms with Crippen molar-refractivity contribution >= 4 is 11.6 Å². The Morgan fingerprint density at radius 1 is 1.03 bits per heavy atom. The van der Waals surface area contributed by atoms with Crippen LogP contribution < -0.4 is 9.47 Å². The average molecular weight is 404 g/mol. The van der Waals surface area contributed by atoms with Crippen LogP contribution in [0.2, 0.25) is 0 Å². The number of methoxy groups -OCH3 is 1. The minimum atomic E-state index is -0.415. The normalized spacial score (nSPS) is 15.6. The van der Waals surface area contributed by atoms with E-state index in [-0.39, 0.29) is 18.6 Å². The number of nitrogens with zero attached hydrogens (tertiary/aromatic N) is 2. The molecule has 1 atom stereocenters. The van der Waals surface area contributed by atoms with Crippen molar-refractivity contribution in [2.45, 2.75) is 12.5 Å². The number of amides is 1. The number of halogens is 1. The number of benzene rings is 3. The quantitative estimate of drug-likeness (QED) is 0.604. The Labute approximate surface area is 174 Å². The summed E-state index contributed by atoms with van der Waals surface area (Å²) < 4.78 is 24.1. The highest BCUT2D eigenvalue weighted by atomic mass is 19.1. The van der Waals surface area contributed by atoms with Gasteiger partial charge in [-0.1, -0.05) is 48.5 Å². The highest BCUT2D eigenvalue weighted by molar-refractivity contribution is 6.03. The van der Waals surface area contributed by atoms with Gasteiger partial charge in [0.25, 0.3) is 5.91 Å². The highest BCUT2D eigenvalue weighted by Gasteiger charge is 2.33. The van der Waals surface area contributed by atoms with Crippen molar-refractivity contribution in [1.82, 2.24) is 5.01 Å². The van der Waals surface area contributed by atoms with Crippen LogP contribution in [0, 0.1) is 5.82 Å². The molecule has 1 aliphatic rings. The lowest BCUT2D eigenvalue weighted by atomic mass is 9.98. The number of hydrogen-bond acceptors (Lipinski definition) is 4. The van der Waals surface area contributed by atoms with Crippen molar-refractivity contribution in [2.75, 3.05) is 13.7 Å². The summed E-state index contributed by atoms with van der Waals surface area (Å²) in [5.41, 5.74) is 2.75. The summed E-state index contributed by atoms with van der Waals surface area (Å²) >= 11 is 0. The van der Waals surface area contributed by atoms with Crippen LogP contribution in [0.3, 0.4) is 0 Å². The van der Waals surface area contributed by atoms with Crippen LogP contribution in [-0.4, -0.2) is 30.3 Å². The first-order valence-electron chi connectivity index (χ1n) is 9.61. The molecule has 0 saturated heterocycles. The molecule has 1 heterocycles. The molecule has 0 bridgehead atoms.